The summed E-state index contributed by atoms with van der Waals surface area (Å²) < 4.78 is 10.3. The van der Waals surface area contributed by atoms with Crippen LogP contribution in [0.5, 0.6) is 0 Å². The number of anilines is 1. The van der Waals surface area contributed by atoms with Crippen LogP contribution >= 0.6 is 0 Å². The van der Waals surface area contributed by atoms with Gasteiger partial charge in [0.2, 0.25) is 0 Å². The quantitative estimate of drug-likeness (QED) is 0.242. The molecule has 2 aliphatic carbocycles. The van der Waals surface area contributed by atoms with Gasteiger partial charge in [-0.2, -0.15) is 0 Å². The summed E-state index contributed by atoms with van der Waals surface area (Å²) in [5, 5.41) is 18.2. The zero-order chi connectivity index (χ0) is 31.1. The summed E-state index contributed by atoms with van der Waals surface area (Å²) in [4.78, 5) is 35.2. The molecule has 0 unspecified atom stereocenters. The minimum Gasteiger partial charge on any atom is -0.480 e. The fraction of sp³-hybridized carbons (Fsp3) is 0.559. The topological polar surface area (TPSA) is 126 Å². The first-order chi connectivity index (χ1) is 20.6. The van der Waals surface area contributed by atoms with Crippen LogP contribution in [-0.2, 0) is 27.3 Å². The number of rotatable bonds is 9. The summed E-state index contributed by atoms with van der Waals surface area (Å²) >= 11 is 0. The van der Waals surface area contributed by atoms with Crippen LogP contribution in [0.1, 0.15) is 96.1 Å². The number of aliphatic carboxylic acids is 1. The molecule has 4 N–H and O–H groups in total. The van der Waals surface area contributed by atoms with E-state index in [9.17, 15) is 19.5 Å². The molecule has 2 saturated carbocycles. The van der Waals surface area contributed by atoms with E-state index in [2.05, 4.69) is 16.0 Å². The van der Waals surface area contributed by atoms with Crippen LogP contribution in [0.25, 0.3) is 0 Å². The number of carbonyl (C=O) groups excluding carboxylic acids is 2. The number of alkyl carbamates (subject to hydrolysis) is 1. The monoisotopic (exact) mass is 595 g/mol. The fourth-order valence-corrected chi connectivity index (χ4v) is 5.36. The van der Waals surface area contributed by atoms with Gasteiger partial charge in [-0.3, -0.25) is 5.32 Å². The Kier molecular flexibility index (Phi) is 13.8. The highest BCUT2D eigenvalue weighted by atomic mass is 16.6. The number of carbonyl (C=O) groups is 3. The lowest BCUT2D eigenvalue weighted by Gasteiger charge is -2.30. The van der Waals surface area contributed by atoms with Crippen molar-refractivity contribution in [2.24, 2.45) is 0 Å². The minimum absolute atomic E-state index is 0.0628. The van der Waals surface area contributed by atoms with Crippen LogP contribution < -0.4 is 16.0 Å². The van der Waals surface area contributed by atoms with Crippen molar-refractivity contribution in [3.63, 3.8) is 0 Å². The van der Waals surface area contributed by atoms with Crippen LogP contribution in [0.3, 0.4) is 0 Å². The van der Waals surface area contributed by atoms with Crippen molar-refractivity contribution in [1.82, 2.24) is 10.6 Å². The highest BCUT2D eigenvalue weighted by Gasteiger charge is 2.24. The Labute approximate surface area is 256 Å². The Balaban J connectivity index is 0.000000321. The SMILES string of the molecule is C1CCC(NC2CCCCC2)CC1.CC(C)(C)OC(=O)N[C@@H](Cc1ccc(NC(=O)OCc2ccccc2)cc1)C(=O)O. The fourth-order valence-electron chi connectivity index (χ4n) is 5.36. The molecular formula is C34H49N3O6. The lowest BCUT2D eigenvalue weighted by molar-refractivity contribution is -0.139. The third-order valence-electron chi connectivity index (χ3n) is 7.52. The summed E-state index contributed by atoms with van der Waals surface area (Å²) in [5.41, 5.74) is 1.32. The van der Waals surface area contributed by atoms with Gasteiger partial charge in [-0.1, -0.05) is 81.0 Å². The smallest absolute Gasteiger partial charge is 0.411 e. The second-order valence-corrected chi connectivity index (χ2v) is 12.5. The molecule has 2 fully saturated rings. The zero-order valence-electron chi connectivity index (χ0n) is 25.9. The van der Waals surface area contributed by atoms with E-state index in [-0.39, 0.29) is 13.0 Å². The molecule has 2 aromatic carbocycles. The number of carboxylic acids is 1. The van der Waals surface area contributed by atoms with E-state index in [4.69, 9.17) is 9.47 Å². The normalized spacial score (nSPS) is 16.6. The van der Waals surface area contributed by atoms with E-state index in [1.54, 1.807) is 45.0 Å². The molecule has 0 bridgehead atoms. The molecule has 0 spiro atoms. The van der Waals surface area contributed by atoms with Gasteiger partial charge >= 0.3 is 18.2 Å². The molecule has 1 atom stereocenters. The highest BCUT2D eigenvalue weighted by molar-refractivity contribution is 5.84. The van der Waals surface area contributed by atoms with Gasteiger partial charge in [-0.05, 0) is 69.7 Å². The molecule has 2 aliphatic rings. The number of benzene rings is 2. The Morgan fingerprint density at radius 2 is 1.35 bits per heavy atom. The maximum absolute atomic E-state index is 11.9. The maximum atomic E-state index is 11.9. The van der Waals surface area contributed by atoms with E-state index in [1.165, 1.54) is 64.2 Å². The lowest BCUT2D eigenvalue weighted by atomic mass is 9.91. The summed E-state index contributed by atoms with van der Waals surface area (Å²) in [6.45, 7) is 5.23. The Morgan fingerprint density at radius 3 is 1.86 bits per heavy atom. The first-order valence-corrected chi connectivity index (χ1v) is 15.6. The molecule has 4 rings (SSSR count). The number of nitrogens with one attached hydrogen (secondary N) is 3. The third kappa shape index (κ3) is 14.0. The molecule has 0 radical (unpaired) electrons. The molecule has 0 heterocycles. The molecule has 236 valence electrons. The van der Waals surface area contributed by atoms with Crippen molar-refractivity contribution in [1.29, 1.82) is 0 Å². The molecule has 9 heteroatoms. The second-order valence-electron chi connectivity index (χ2n) is 12.5. The number of hydrogen-bond acceptors (Lipinski definition) is 6. The predicted molar refractivity (Wildman–Crippen MR) is 168 cm³/mol. The average Bonchev–Trinajstić information content (AvgIpc) is 2.98. The Morgan fingerprint density at radius 1 is 0.791 bits per heavy atom. The Bertz CT molecular complexity index is 1110. The first-order valence-electron chi connectivity index (χ1n) is 15.6. The summed E-state index contributed by atoms with van der Waals surface area (Å²) in [6, 6.07) is 16.5. The Hall–Kier alpha value is -3.59. The van der Waals surface area contributed by atoms with Crippen LogP contribution in [0.4, 0.5) is 15.3 Å². The standard InChI is InChI=1S/C22H26N2O6.C12H23N/c1-22(2,3)30-21(28)24-18(19(25)26)13-15-9-11-17(12-10-15)23-20(27)29-14-16-7-5-4-6-8-16;1-3-7-11(8-4-1)13-12-9-5-2-6-10-12/h4-12,18H,13-14H2,1-3H3,(H,23,27)(H,24,28)(H,25,26);11-13H,1-10H2/t18-;/m0./s1. The summed E-state index contributed by atoms with van der Waals surface area (Å²) in [5.74, 6) is -1.17. The van der Waals surface area contributed by atoms with Crippen molar-refractivity contribution < 1.29 is 29.0 Å². The van der Waals surface area contributed by atoms with Gasteiger partial charge in [-0.15, -0.1) is 0 Å². The van der Waals surface area contributed by atoms with Crippen LogP contribution in [0.15, 0.2) is 54.6 Å². The average molecular weight is 596 g/mol. The third-order valence-corrected chi connectivity index (χ3v) is 7.52. The lowest BCUT2D eigenvalue weighted by Crippen LogP contribution is -2.44. The van der Waals surface area contributed by atoms with Crippen LogP contribution in [0.2, 0.25) is 0 Å². The van der Waals surface area contributed by atoms with Crippen LogP contribution in [0, 0.1) is 0 Å². The van der Waals surface area contributed by atoms with E-state index in [1.807, 2.05) is 30.3 Å². The molecule has 9 nitrogen and oxygen atoms in total. The number of carboxylic acid groups (broad SMARTS) is 1. The molecule has 43 heavy (non-hydrogen) atoms. The van der Waals surface area contributed by atoms with Gasteiger partial charge in [0.05, 0.1) is 0 Å². The molecule has 0 aromatic heterocycles. The van der Waals surface area contributed by atoms with Gasteiger partial charge in [0.25, 0.3) is 0 Å². The van der Waals surface area contributed by atoms with Crippen molar-refractivity contribution >= 4 is 23.8 Å². The van der Waals surface area contributed by atoms with E-state index >= 15 is 0 Å². The summed E-state index contributed by atoms with van der Waals surface area (Å²) in [7, 11) is 0. The van der Waals surface area contributed by atoms with E-state index < -0.39 is 29.8 Å². The van der Waals surface area contributed by atoms with Gasteiger partial charge in [0.1, 0.15) is 18.2 Å². The minimum atomic E-state index is -1.17. The first kappa shape index (κ1) is 33.9. The van der Waals surface area contributed by atoms with Crippen molar-refractivity contribution in [3.05, 3.63) is 65.7 Å². The predicted octanol–water partition coefficient (Wildman–Crippen LogP) is 7.20. The van der Waals surface area contributed by atoms with E-state index in [0.717, 1.165) is 17.6 Å². The van der Waals surface area contributed by atoms with Gasteiger partial charge in [-0.25, -0.2) is 14.4 Å². The molecule has 2 aromatic rings. The number of ether oxygens (including phenoxy) is 2. The second kappa shape index (κ2) is 17.5. The van der Waals surface area contributed by atoms with Gasteiger partial charge in [0.15, 0.2) is 0 Å². The van der Waals surface area contributed by atoms with Gasteiger partial charge in [0, 0.05) is 24.2 Å². The molecule has 0 aliphatic heterocycles. The highest BCUT2D eigenvalue weighted by Crippen LogP contribution is 2.22. The van der Waals surface area contributed by atoms with E-state index in [0.29, 0.717) is 11.3 Å². The number of amides is 2. The zero-order valence-corrected chi connectivity index (χ0v) is 25.9. The number of hydrogen-bond donors (Lipinski definition) is 4. The van der Waals surface area contributed by atoms with Crippen molar-refractivity contribution in [3.8, 4) is 0 Å². The molecule has 0 saturated heterocycles. The maximum Gasteiger partial charge on any atom is 0.411 e. The largest absolute Gasteiger partial charge is 0.480 e. The summed E-state index contributed by atoms with van der Waals surface area (Å²) in [6.07, 6.45) is 13.2. The van der Waals surface area contributed by atoms with Crippen molar-refractivity contribution in [2.45, 2.75) is 122 Å². The van der Waals surface area contributed by atoms with Crippen molar-refractivity contribution in [2.75, 3.05) is 5.32 Å². The van der Waals surface area contributed by atoms with Crippen LogP contribution in [-0.4, -0.2) is 47.0 Å². The van der Waals surface area contributed by atoms with Gasteiger partial charge < -0.3 is 25.2 Å². The molecule has 2 amide bonds. The molecular weight excluding hydrogens is 546 g/mol.